The van der Waals surface area contributed by atoms with Crippen molar-refractivity contribution < 1.29 is 4.74 Å². The molecule has 1 aromatic heterocycles. The van der Waals surface area contributed by atoms with Crippen LogP contribution < -0.4 is 5.32 Å². The van der Waals surface area contributed by atoms with E-state index in [4.69, 9.17) is 4.74 Å². The molecule has 4 heteroatoms. The minimum Gasteiger partial charge on any atom is -0.383 e. The van der Waals surface area contributed by atoms with Gasteiger partial charge in [-0.2, -0.15) is 0 Å². The van der Waals surface area contributed by atoms with E-state index in [2.05, 4.69) is 35.4 Å². The Morgan fingerprint density at radius 3 is 2.75 bits per heavy atom. The largest absolute Gasteiger partial charge is 0.383 e. The van der Waals surface area contributed by atoms with Gasteiger partial charge < -0.3 is 10.1 Å². The van der Waals surface area contributed by atoms with Crippen LogP contribution in [0.3, 0.4) is 0 Å². The van der Waals surface area contributed by atoms with Crippen molar-refractivity contribution in [3.63, 3.8) is 0 Å². The molecule has 0 aliphatic heterocycles. The molecule has 0 bridgehead atoms. The predicted octanol–water partition coefficient (Wildman–Crippen LogP) is 3.28. The highest BCUT2D eigenvalue weighted by Gasteiger charge is 2.04. The first kappa shape index (κ1) is 15.0. The van der Waals surface area contributed by atoms with Crippen LogP contribution in [-0.2, 0) is 11.3 Å². The summed E-state index contributed by atoms with van der Waals surface area (Å²) < 4.78 is 5.01. The number of pyridine rings is 1. The summed E-state index contributed by atoms with van der Waals surface area (Å²) in [5, 5.41) is 4.39. The summed E-state index contributed by atoms with van der Waals surface area (Å²) in [6, 6.07) is 12.5. The zero-order chi connectivity index (χ0) is 14.2. The van der Waals surface area contributed by atoms with Crippen molar-refractivity contribution in [2.45, 2.75) is 23.4 Å². The van der Waals surface area contributed by atoms with Gasteiger partial charge in [0.2, 0.25) is 0 Å². The molecule has 0 atom stereocenters. The first-order valence-electron chi connectivity index (χ1n) is 6.67. The molecule has 0 saturated heterocycles. The highest BCUT2D eigenvalue weighted by atomic mass is 32.2. The van der Waals surface area contributed by atoms with Gasteiger partial charge in [-0.1, -0.05) is 36.0 Å². The molecule has 1 aromatic carbocycles. The van der Waals surface area contributed by atoms with E-state index in [1.54, 1.807) is 18.9 Å². The van der Waals surface area contributed by atoms with Gasteiger partial charge in [-0.25, -0.2) is 4.98 Å². The quantitative estimate of drug-likeness (QED) is 0.793. The van der Waals surface area contributed by atoms with Crippen LogP contribution in [-0.4, -0.2) is 25.2 Å². The number of nitrogens with zero attached hydrogens (tertiary/aromatic N) is 1. The molecule has 1 N–H and O–H groups in total. The van der Waals surface area contributed by atoms with Crippen LogP contribution in [0.25, 0.3) is 0 Å². The average molecular weight is 288 g/mol. The van der Waals surface area contributed by atoms with Crippen LogP contribution in [0.1, 0.15) is 11.1 Å². The van der Waals surface area contributed by atoms with Gasteiger partial charge in [0.1, 0.15) is 5.03 Å². The third-order valence-corrected chi connectivity index (χ3v) is 3.99. The fraction of sp³-hybridized carbons (Fsp3) is 0.312. The molecule has 0 radical (unpaired) electrons. The van der Waals surface area contributed by atoms with E-state index in [1.165, 1.54) is 16.0 Å². The van der Waals surface area contributed by atoms with Crippen LogP contribution in [0.5, 0.6) is 0 Å². The van der Waals surface area contributed by atoms with Gasteiger partial charge in [-0.3, -0.25) is 0 Å². The Kier molecular flexibility index (Phi) is 6.05. The Morgan fingerprint density at radius 2 is 2.05 bits per heavy atom. The molecule has 2 rings (SSSR count). The molecule has 1 heterocycles. The molecular weight excluding hydrogens is 268 g/mol. The van der Waals surface area contributed by atoms with Crippen molar-refractivity contribution in [1.82, 2.24) is 10.3 Å². The standard InChI is InChI=1S/C16H20N2OS/c1-13-10-14(11-17-8-9-19-2)12-18-16(13)20-15-6-4-3-5-7-15/h3-7,10,12,17H,8-9,11H2,1-2H3. The fourth-order valence-corrected chi connectivity index (χ4v) is 2.67. The topological polar surface area (TPSA) is 34.1 Å². The van der Waals surface area contributed by atoms with Crippen LogP contribution >= 0.6 is 11.8 Å². The zero-order valence-electron chi connectivity index (χ0n) is 11.9. The van der Waals surface area contributed by atoms with Crippen LogP contribution in [0.2, 0.25) is 0 Å². The van der Waals surface area contributed by atoms with Crippen molar-refractivity contribution in [2.75, 3.05) is 20.3 Å². The summed E-state index contributed by atoms with van der Waals surface area (Å²) >= 11 is 1.70. The third-order valence-electron chi connectivity index (χ3n) is 2.86. The van der Waals surface area contributed by atoms with E-state index < -0.39 is 0 Å². The van der Waals surface area contributed by atoms with Gasteiger partial charge in [0.15, 0.2) is 0 Å². The summed E-state index contributed by atoms with van der Waals surface area (Å²) in [4.78, 5) is 5.78. The second-order valence-electron chi connectivity index (χ2n) is 4.55. The van der Waals surface area contributed by atoms with Gasteiger partial charge in [0.25, 0.3) is 0 Å². The maximum atomic E-state index is 5.01. The minimum absolute atomic E-state index is 0.731. The summed E-state index contributed by atoms with van der Waals surface area (Å²) in [7, 11) is 1.71. The van der Waals surface area contributed by atoms with Crippen LogP contribution in [0.15, 0.2) is 52.5 Å². The normalized spacial score (nSPS) is 10.7. The number of aromatic nitrogens is 1. The number of benzene rings is 1. The number of nitrogens with one attached hydrogen (secondary N) is 1. The lowest BCUT2D eigenvalue weighted by molar-refractivity contribution is 0.199. The Morgan fingerprint density at radius 1 is 1.25 bits per heavy atom. The van der Waals surface area contributed by atoms with E-state index in [0.29, 0.717) is 0 Å². The van der Waals surface area contributed by atoms with E-state index >= 15 is 0 Å². The number of rotatable bonds is 7. The monoisotopic (exact) mass is 288 g/mol. The first-order valence-corrected chi connectivity index (χ1v) is 7.49. The minimum atomic E-state index is 0.731. The Bertz CT molecular complexity index is 531. The van der Waals surface area contributed by atoms with Crippen LogP contribution in [0.4, 0.5) is 0 Å². The average Bonchev–Trinajstić information content (AvgIpc) is 2.47. The number of hydrogen-bond donors (Lipinski definition) is 1. The lowest BCUT2D eigenvalue weighted by atomic mass is 10.2. The molecule has 0 unspecified atom stereocenters. The maximum absolute atomic E-state index is 5.01. The Labute approximate surface area is 124 Å². The van der Waals surface area contributed by atoms with E-state index in [9.17, 15) is 0 Å². The SMILES string of the molecule is COCCNCc1cnc(Sc2ccccc2)c(C)c1. The van der Waals surface area contributed by atoms with E-state index in [-0.39, 0.29) is 0 Å². The van der Waals surface area contributed by atoms with Gasteiger partial charge in [-0.05, 0) is 30.2 Å². The third kappa shape index (κ3) is 4.63. The van der Waals surface area contributed by atoms with Gasteiger partial charge in [0, 0.05) is 31.3 Å². The molecule has 20 heavy (non-hydrogen) atoms. The zero-order valence-corrected chi connectivity index (χ0v) is 12.7. The lowest BCUT2D eigenvalue weighted by Crippen LogP contribution is -2.18. The molecule has 0 saturated carbocycles. The van der Waals surface area contributed by atoms with Crippen molar-refractivity contribution in [3.8, 4) is 0 Å². The Hall–Kier alpha value is -1.36. The molecular formula is C16H20N2OS. The first-order chi connectivity index (χ1) is 9.79. The van der Waals surface area contributed by atoms with Crippen molar-refractivity contribution in [3.05, 3.63) is 53.7 Å². The van der Waals surface area contributed by atoms with E-state index in [1.807, 2.05) is 24.4 Å². The van der Waals surface area contributed by atoms with Gasteiger partial charge >= 0.3 is 0 Å². The molecule has 106 valence electrons. The smallest absolute Gasteiger partial charge is 0.104 e. The maximum Gasteiger partial charge on any atom is 0.104 e. The molecule has 2 aromatic rings. The van der Waals surface area contributed by atoms with Crippen molar-refractivity contribution in [1.29, 1.82) is 0 Å². The van der Waals surface area contributed by atoms with E-state index in [0.717, 1.165) is 24.7 Å². The molecule has 0 aliphatic rings. The second-order valence-corrected chi connectivity index (χ2v) is 5.61. The number of ether oxygens (including phenoxy) is 1. The number of hydrogen-bond acceptors (Lipinski definition) is 4. The number of aryl methyl sites for hydroxylation is 1. The highest BCUT2D eigenvalue weighted by molar-refractivity contribution is 7.99. The molecule has 0 fully saturated rings. The van der Waals surface area contributed by atoms with Crippen LogP contribution in [0, 0.1) is 6.92 Å². The molecule has 0 spiro atoms. The van der Waals surface area contributed by atoms with Gasteiger partial charge in [0.05, 0.1) is 6.61 Å². The summed E-state index contributed by atoms with van der Waals surface area (Å²) in [6.45, 7) is 4.52. The highest BCUT2D eigenvalue weighted by Crippen LogP contribution is 2.28. The Balaban J connectivity index is 1.95. The van der Waals surface area contributed by atoms with Crippen molar-refractivity contribution in [2.24, 2.45) is 0 Å². The second kappa shape index (κ2) is 8.04. The predicted molar refractivity (Wildman–Crippen MR) is 83.1 cm³/mol. The number of methoxy groups -OCH3 is 1. The van der Waals surface area contributed by atoms with Gasteiger partial charge in [-0.15, -0.1) is 0 Å². The fourth-order valence-electron chi connectivity index (χ4n) is 1.83. The lowest BCUT2D eigenvalue weighted by Gasteiger charge is -2.08. The molecule has 0 amide bonds. The molecule has 0 aliphatic carbocycles. The summed E-state index contributed by atoms with van der Waals surface area (Å²) in [6.07, 6.45) is 1.94. The summed E-state index contributed by atoms with van der Waals surface area (Å²) in [5.41, 5.74) is 2.42. The molecule has 3 nitrogen and oxygen atoms in total. The van der Waals surface area contributed by atoms with Crippen molar-refractivity contribution >= 4 is 11.8 Å². The summed E-state index contributed by atoms with van der Waals surface area (Å²) in [5.74, 6) is 0.